The van der Waals surface area contributed by atoms with Gasteiger partial charge in [-0.05, 0) is 12.1 Å². The van der Waals surface area contributed by atoms with Gasteiger partial charge in [0.1, 0.15) is 0 Å². The third-order valence-corrected chi connectivity index (χ3v) is 4.87. The topological polar surface area (TPSA) is 136 Å². The van der Waals surface area contributed by atoms with E-state index < -0.39 is 41.0 Å². The minimum absolute atomic E-state index is 0.0260. The van der Waals surface area contributed by atoms with Gasteiger partial charge in [-0.15, -0.1) is 0 Å². The van der Waals surface area contributed by atoms with Crippen molar-refractivity contribution in [2.24, 2.45) is 5.92 Å². The number of esters is 1. The molecule has 0 unspecified atom stereocenters. The summed E-state index contributed by atoms with van der Waals surface area (Å²) >= 11 is 5.96. The van der Waals surface area contributed by atoms with Crippen LogP contribution in [0.5, 0.6) is 0 Å². The Hall–Kier alpha value is -3.79. The number of halogens is 1. The van der Waals surface area contributed by atoms with Gasteiger partial charge in [-0.2, -0.15) is 0 Å². The maximum Gasteiger partial charge on any atom is 0.311 e. The number of nitrogens with one attached hydrogen (secondary N) is 1. The fourth-order valence-electron chi connectivity index (χ4n) is 2.93. The van der Waals surface area contributed by atoms with Gasteiger partial charge in [0, 0.05) is 24.1 Å². The van der Waals surface area contributed by atoms with E-state index in [9.17, 15) is 29.3 Å². The molecule has 0 bridgehead atoms. The Labute approximate surface area is 180 Å². The predicted molar refractivity (Wildman–Crippen MR) is 107 cm³/mol. The Balaban J connectivity index is 1.55. The van der Waals surface area contributed by atoms with Gasteiger partial charge < -0.3 is 4.74 Å². The number of Topliss-reactive ketones (excluding diaryl/α,β-unsaturated/α-hetero) is 1. The van der Waals surface area contributed by atoms with Gasteiger partial charge in [0.15, 0.2) is 6.61 Å². The highest BCUT2D eigenvalue weighted by Gasteiger charge is 2.37. The predicted octanol–water partition coefficient (Wildman–Crippen LogP) is 2.17. The molecule has 1 heterocycles. The standard InChI is InChI=1S/C20H16ClN3O7/c21-16-7-2-1-6-15(16)19(27)22-23-10-13(9-18(23)26)20(28)31-11-17(25)12-4-3-5-14(8-12)24(29)30/h1-8,13H,9-11H2,(H,22,27)/t13-/m1/s1. The summed E-state index contributed by atoms with van der Waals surface area (Å²) < 4.78 is 4.98. The second kappa shape index (κ2) is 9.35. The highest BCUT2D eigenvalue weighted by molar-refractivity contribution is 6.33. The molecule has 1 aliphatic rings. The fraction of sp³-hybridized carbons (Fsp3) is 0.200. The van der Waals surface area contributed by atoms with Crippen LogP contribution >= 0.6 is 11.6 Å². The third kappa shape index (κ3) is 5.23. The van der Waals surface area contributed by atoms with Gasteiger partial charge in [-0.1, -0.05) is 35.9 Å². The van der Waals surface area contributed by atoms with E-state index in [1.165, 1.54) is 30.3 Å². The maximum atomic E-state index is 12.3. The lowest BCUT2D eigenvalue weighted by atomic mass is 10.1. The summed E-state index contributed by atoms with van der Waals surface area (Å²) in [5, 5.41) is 12.0. The number of carbonyl (C=O) groups excluding carboxylic acids is 4. The molecule has 1 atom stereocenters. The van der Waals surface area contributed by atoms with Crippen LogP contribution in [0.4, 0.5) is 5.69 Å². The van der Waals surface area contributed by atoms with Crippen molar-refractivity contribution in [1.82, 2.24) is 10.4 Å². The first kappa shape index (κ1) is 21.9. The normalized spacial score (nSPS) is 15.5. The second-order valence-electron chi connectivity index (χ2n) is 6.66. The number of nitro benzene ring substituents is 1. The van der Waals surface area contributed by atoms with Crippen molar-refractivity contribution in [1.29, 1.82) is 0 Å². The molecule has 1 N–H and O–H groups in total. The highest BCUT2D eigenvalue weighted by atomic mass is 35.5. The van der Waals surface area contributed by atoms with Gasteiger partial charge in [0.05, 0.1) is 28.0 Å². The molecule has 1 fully saturated rings. The minimum atomic E-state index is -0.878. The summed E-state index contributed by atoms with van der Waals surface area (Å²) in [4.78, 5) is 59.0. The molecule has 2 amide bonds. The SMILES string of the molecule is O=C(COC(=O)[C@@H]1CC(=O)N(NC(=O)c2ccccc2Cl)C1)c1cccc([N+](=O)[O-])c1. The van der Waals surface area contributed by atoms with Crippen LogP contribution in [0.15, 0.2) is 48.5 Å². The van der Waals surface area contributed by atoms with Gasteiger partial charge in [0.2, 0.25) is 11.7 Å². The molecule has 0 radical (unpaired) electrons. The summed E-state index contributed by atoms with van der Waals surface area (Å²) in [7, 11) is 0. The van der Waals surface area contributed by atoms with Crippen LogP contribution in [-0.4, -0.2) is 46.7 Å². The molecule has 11 heteroatoms. The van der Waals surface area contributed by atoms with Crippen LogP contribution in [0.3, 0.4) is 0 Å². The van der Waals surface area contributed by atoms with E-state index in [4.69, 9.17) is 16.3 Å². The average Bonchev–Trinajstić information content (AvgIpc) is 3.12. The van der Waals surface area contributed by atoms with E-state index in [0.717, 1.165) is 11.1 Å². The maximum absolute atomic E-state index is 12.3. The molecule has 2 aromatic rings. The van der Waals surface area contributed by atoms with Gasteiger partial charge in [0.25, 0.3) is 11.6 Å². The zero-order valence-corrected chi connectivity index (χ0v) is 16.7. The van der Waals surface area contributed by atoms with Gasteiger partial charge in [-0.25, -0.2) is 0 Å². The van der Waals surface area contributed by atoms with E-state index in [0.29, 0.717) is 0 Å². The molecular formula is C20H16ClN3O7. The number of nitrogens with zero attached hydrogens (tertiary/aromatic N) is 2. The highest BCUT2D eigenvalue weighted by Crippen LogP contribution is 2.20. The van der Waals surface area contributed by atoms with Crippen molar-refractivity contribution >= 4 is 40.9 Å². The molecule has 0 aliphatic carbocycles. The molecule has 160 valence electrons. The first-order chi connectivity index (χ1) is 14.8. The Bertz CT molecular complexity index is 1070. The van der Waals surface area contributed by atoms with Crippen LogP contribution in [-0.2, 0) is 14.3 Å². The van der Waals surface area contributed by atoms with E-state index >= 15 is 0 Å². The monoisotopic (exact) mass is 445 g/mol. The smallest absolute Gasteiger partial charge is 0.311 e. The molecule has 2 aromatic carbocycles. The van der Waals surface area contributed by atoms with Crippen LogP contribution in [0.1, 0.15) is 27.1 Å². The number of ether oxygens (including phenoxy) is 1. The number of amides is 2. The Morgan fingerprint density at radius 2 is 1.94 bits per heavy atom. The van der Waals surface area contributed by atoms with Crippen LogP contribution in [0.2, 0.25) is 5.02 Å². The molecule has 1 saturated heterocycles. The van der Waals surface area contributed by atoms with Crippen molar-refractivity contribution in [2.75, 3.05) is 13.2 Å². The van der Waals surface area contributed by atoms with Gasteiger partial charge in [-0.3, -0.25) is 39.7 Å². The summed E-state index contributed by atoms with van der Waals surface area (Å²) in [5.41, 5.74) is 2.34. The molecule has 1 aliphatic heterocycles. The lowest BCUT2D eigenvalue weighted by molar-refractivity contribution is -0.384. The van der Waals surface area contributed by atoms with E-state index in [1.54, 1.807) is 12.1 Å². The van der Waals surface area contributed by atoms with E-state index in [1.807, 2.05) is 0 Å². The number of hydrogen-bond acceptors (Lipinski definition) is 7. The van der Waals surface area contributed by atoms with Crippen LogP contribution in [0.25, 0.3) is 0 Å². The number of benzene rings is 2. The molecule has 0 saturated carbocycles. The van der Waals surface area contributed by atoms with E-state index in [2.05, 4.69) is 5.43 Å². The number of rotatable bonds is 7. The summed E-state index contributed by atoms with van der Waals surface area (Å²) in [5.74, 6) is -3.38. The lowest BCUT2D eigenvalue weighted by Crippen LogP contribution is -2.43. The zero-order chi connectivity index (χ0) is 22.5. The van der Waals surface area contributed by atoms with Crippen molar-refractivity contribution in [2.45, 2.75) is 6.42 Å². The zero-order valence-electron chi connectivity index (χ0n) is 15.9. The summed E-state index contributed by atoms with van der Waals surface area (Å²) in [6, 6.07) is 11.3. The lowest BCUT2D eigenvalue weighted by Gasteiger charge is -2.18. The van der Waals surface area contributed by atoms with Crippen molar-refractivity contribution in [3.63, 3.8) is 0 Å². The Morgan fingerprint density at radius 3 is 2.65 bits per heavy atom. The molecule has 31 heavy (non-hydrogen) atoms. The summed E-state index contributed by atoms with van der Waals surface area (Å²) in [6.07, 6.45) is -0.202. The Morgan fingerprint density at radius 1 is 1.19 bits per heavy atom. The average molecular weight is 446 g/mol. The largest absolute Gasteiger partial charge is 0.457 e. The van der Waals surface area contributed by atoms with Crippen LogP contribution < -0.4 is 5.43 Å². The molecule has 3 rings (SSSR count). The fourth-order valence-corrected chi connectivity index (χ4v) is 3.15. The number of ketones is 1. The third-order valence-electron chi connectivity index (χ3n) is 4.54. The number of nitro groups is 1. The molecular weight excluding hydrogens is 430 g/mol. The van der Waals surface area contributed by atoms with Crippen molar-refractivity contribution in [3.05, 3.63) is 74.8 Å². The Kier molecular flexibility index (Phi) is 6.61. The minimum Gasteiger partial charge on any atom is -0.457 e. The quantitative estimate of drug-likeness (QED) is 0.298. The first-order valence-corrected chi connectivity index (χ1v) is 9.44. The molecule has 10 nitrogen and oxygen atoms in total. The van der Waals surface area contributed by atoms with Crippen molar-refractivity contribution < 1.29 is 28.8 Å². The number of hydrogen-bond donors (Lipinski definition) is 1. The number of hydrazine groups is 1. The second-order valence-corrected chi connectivity index (χ2v) is 7.07. The number of carbonyl (C=O) groups is 4. The molecule has 0 aromatic heterocycles. The first-order valence-electron chi connectivity index (χ1n) is 9.06. The van der Waals surface area contributed by atoms with E-state index in [-0.39, 0.29) is 34.8 Å². The van der Waals surface area contributed by atoms with Crippen LogP contribution in [0, 0.1) is 16.0 Å². The summed E-state index contributed by atoms with van der Waals surface area (Å²) in [6.45, 7) is -0.754. The van der Waals surface area contributed by atoms with Crippen molar-refractivity contribution in [3.8, 4) is 0 Å². The number of non-ortho nitro benzene ring substituents is 1. The molecule has 0 spiro atoms. The van der Waals surface area contributed by atoms with Gasteiger partial charge >= 0.3 is 5.97 Å².